The molecule has 0 spiro atoms. The van der Waals surface area contributed by atoms with Crippen LogP contribution in [0.2, 0.25) is 0 Å². The van der Waals surface area contributed by atoms with Crippen LogP contribution in [0.3, 0.4) is 0 Å². The number of nitrogens with one attached hydrogen (secondary N) is 1. The molecular weight excluding hydrogens is 311 g/mol. The Hall–Kier alpha value is -0.750. The highest BCUT2D eigenvalue weighted by Gasteiger charge is 2.53. The Labute approximate surface area is 120 Å². The zero-order valence-corrected chi connectivity index (χ0v) is 12.2. The smallest absolute Gasteiger partial charge is 0.128 e. The summed E-state index contributed by atoms with van der Waals surface area (Å²) >= 11 is 3.34. The minimum atomic E-state index is -0.955. The maximum Gasteiger partial charge on any atom is 0.128 e. The van der Waals surface area contributed by atoms with Gasteiger partial charge in [0.05, 0.1) is 12.1 Å². The van der Waals surface area contributed by atoms with Gasteiger partial charge in [-0.15, -0.1) is 6.58 Å². The molecule has 1 heterocycles. The maximum atomic E-state index is 14.2. The Balaban J connectivity index is 2.56. The van der Waals surface area contributed by atoms with E-state index in [4.69, 9.17) is 5.73 Å². The van der Waals surface area contributed by atoms with Crippen LogP contribution in [0.25, 0.3) is 0 Å². The third-order valence-corrected chi connectivity index (χ3v) is 4.55. The van der Waals surface area contributed by atoms with Gasteiger partial charge in [-0.2, -0.15) is 0 Å². The second-order valence-electron chi connectivity index (χ2n) is 5.13. The number of rotatable bonds is 4. The second kappa shape index (κ2) is 5.32. The highest BCUT2D eigenvalue weighted by atomic mass is 79.9. The van der Waals surface area contributed by atoms with E-state index >= 15 is 0 Å². The fourth-order valence-corrected chi connectivity index (χ4v) is 3.22. The number of benzene rings is 1. The molecule has 1 aliphatic heterocycles. The standard InChI is InChI=1S/C14H18BrFN2O/c1-2-5-13(9-19)7-18-8-14(13,17)11-6-10(15)3-4-12(11)16/h2-4,6,18-19H,1,5,7-9,17H2/t13-,14+/m0/s1. The van der Waals surface area contributed by atoms with Crippen molar-refractivity contribution in [3.05, 3.63) is 46.7 Å². The van der Waals surface area contributed by atoms with Crippen LogP contribution in [0, 0.1) is 11.2 Å². The molecule has 0 amide bonds. The van der Waals surface area contributed by atoms with Crippen LogP contribution in [0.4, 0.5) is 4.39 Å². The molecule has 5 heteroatoms. The van der Waals surface area contributed by atoms with Gasteiger partial charge in [0.1, 0.15) is 5.82 Å². The van der Waals surface area contributed by atoms with Crippen molar-refractivity contribution in [2.45, 2.75) is 12.0 Å². The number of nitrogens with two attached hydrogens (primary N) is 1. The molecule has 4 N–H and O–H groups in total. The largest absolute Gasteiger partial charge is 0.396 e. The summed E-state index contributed by atoms with van der Waals surface area (Å²) in [4.78, 5) is 0. The quantitative estimate of drug-likeness (QED) is 0.740. The van der Waals surface area contributed by atoms with Gasteiger partial charge in [-0.05, 0) is 24.6 Å². The van der Waals surface area contributed by atoms with Crippen molar-refractivity contribution in [2.75, 3.05) is 19.7 Å². The lowest BCUT2D eigenvalue weighted by molar-refractivity contribution is 0.0778. The van der Waals surface area contributed by atoms with Crippen LogP contribution >= 0.6 is 15.9 Å². The van der Waals surface area contributed by atoms with E-state index < -0.39 is 11.0 Å². The minimum absolute atomic E-state index is 0.117. The number of aliphatic hydroxyl groups is 1. The van der Waals surface area contributed by atoms with Crippen molar-refractivity contribution in [2.24, 2.45) is 11.1 Å². The summed E-state index contributed by atoms with van der Waals surface area (Å²) in [5.74, 6) is -0.351. The van der Waals surface area contributed by atoms with Gasteiger partial charge in [-0.25, -0.2) is 4.39 Å². The number of aliphatic hydroxyl groups excluding tert-OH is 1. The monoisotopic (exact) mass is 328 g/mol. The first kappa shape index (κ1) is 14.7. The van der Waals surface area contributed by atoms with Gasteiger partial charge in [0.15, 0.2) is 0 Å². The number of halogens is 2. The van der Waals surface area contributed by atoms with Crippen molar-refractivity contribution in [1.29, 1.82) is 0 Å². The van der Waals surface area contributed by atoms with Crippen LogP contribution < -0.4 is 11.1 Å². The lowest BCUT2D eigenvalue weighted by Crippen LogP contribution is -2.54. The van der Waals surface area contributed by atoms with Gasteiger partial charge in [0.2, 0.25) is 0 Å². The molecule has 1 fully saturated rings. The Morgan fingerprint density at radius 1 is 1.53 bits per heavy atom. The zero-order valence-electron chi connectivity index (χ0n) is 10.6. The first-order chi connectivity index (χ1) is 8.99. The van der Waals surface area contributed by atoms with Crippen molar-refractivity contribution in [1.82, 2.24) is 5.32 Å². The summed E-state index contributed by atoms with van der Waals surface area (Å²) in [6.07, 6.45) is 2.25. The molecule has 1 aliphatic rings. The van der Waals surface area contributed by atoms with E-state index in [1.54, 1.807) is 18.2 Å². The third-order valence-electron chi connectivity index (χ3n) is 4.06. The van der Waals surface area contributed by atoms with Gasteiger partial charge in [0, 0.05) is 28.5 Å². The topological polar surface area (TPSA) is 58.3 Å². The van der Waals surface area contributed by atoms with Crippen molar-refractivity contribution in [3.63, 3.8) is 0 Å². The molecule has 0 aliphatic carbocycles. The first-order valence-electron chi connectivity index (χ1n) is 6.16. The van der Waals surface area contributed by atoms with E-state index in [0.29, 0.717) is 25.1 Å². The molecule has 3 nitrogen and oxygen atoms in total. The molecule has 1 aromatic rings. The summed E-state index contributed by atoms with van der Waals surface area (Å²) in [6.45, 7) is 4.57. The highest BCUT2D eigenvalue weighted by Crippen LogP contribution is 2.45. The summed E-state index contributed by atoms with van der Waals surface area (Å²) in [5, 5.41) is 13.0. The van der Waals surface area contributed by atoms with Crippen LogP contribution in [-0.4, -0.2) is 24.8 Å². The summed E-state index contributed by atoms with van der Waals surface area (Å²) in [7, 11) is 0. The SMILES string of the molecule is C=CC[C@@]1(CO)CNC[C@@]1(N)c1cc(Br)ccc1F. The lowest BCUT2D eigenvalue weighted by Gasteiger charge is -2.41. The summed E-state index contributed by atoms with van der Waals surface area (Å²) < 4.78 is 14.9. The summed E-state index contributed by atoms with van der Waals surface area (Å²) in [6, 6.07) is 4.72. The van der Waals surface area contributed by atoms with Gasteiger partial charge in [0.25, 0.3) is 0 Å². The minimum Gasteiger partial charge on any atom is -0.396 e. The van der Waals surface area contributed by atoms with E-state index in [1.807, 2.05) is 0 Å². The number of allylic oxidation sites excluding steroid dienone is 1. The molecule has 1 saturated heterocycles. The molecule has 2 rings (SSSR count). The van der Waals surface area contributed by atoms with E-state index in [2.05, 4.69) is 27.8 Å². The highest BCUT2D eigenvalue weighted by molar-refractivity contribution is 9.10. The van der Waals surface area contributed by atoms with Crippen LogP contribution in [0.15, 0.2) is 35.3 Å². The molecular formula is C14H18BrFN2O. The van der Waals surface area contributed by atoms with Gasteiger partial charge in [-0.3, -0.25) is 0 Å². The molecule has 0 aromatic heterocycles. The molecule has 0 unspecified atom stereocenters. The molecule has 19 heavy (non-hydrogen) atoms. The molecule has 0 radical (unpaired) electrons. The van der Waals surface area contributed by atoms with Crippen molar-refractivity contribution in [3.8, 4) is 0 Å². The van der Waals surface area contributed by atoms with E-state index in [-0.39, 0.29) is 12.4 Å². The third kappa shape index (κ3) is 2.25. The first-order valence-corrected chi connectivity index (χ1v) is 6.95. The Kier molecular flexibility index (Phi) is 4.11. The average Bonchev–Trinajstić information content (AvgIpc) is 2.72. The fourth-order valence-electron chi connectivity index (χ4n) is 2.86. The number of hydrogen-bond acceptors (Lipinski definition) is 3. The summed E-state index contributed by atoms with van der Waals surface area (Å²) in [5.41, 5.74) is 5.33. The zero-order chi connectivity index (χ0) is 14.1. The van der Waals surface area contributed by atoms with Gasteiger partial charge >= 0.3 is 0 Å². The van der Waals surface area contributed by atoms with Crippen LogP contribution in [0.5, 0.6) is 0 Å². The number of hydrogen-bond donors (Lipinski definition) is 3. The lowest BCUT2D eigenvalue weighted by atomic mass is 9.67. The predicted molar refractivity (Wildman–Crippen MR) is 77.2 cm³/mol. The fraction of sp³-hybridized carbons (Fsp3) is 0.429. The normalized spacial score (nSPS) is 30.5. The maximum absolute atomic E-state index is 14.2. The molecule has 2 atom stereocenters. The second-order valence-corrected chi connectivity index (χ2v) is 6.05. The average molecular weight is 329 g/mol. The molecule has 0 bridgehead atoms. The Morgan fingerprint density at radius 2 is 2.26 bits per heavy atom. The van der Waals surface area contributed by atoms with E-state index in [0.717, 1.165) is 4.47 Å². The Bertz CT molecular complexity index is 496. The molecule has 0 saturated carbocycles. The van der Waals surface area contributed by atoms with Crippen molar-refractivity contribution >= 4 is 15.9 Å². The molecule has 1 aromatic carbocycles. The van der Waals surface area contributed by atoms with E-state index in [9.17, 15) is 9.50 Å². The van der Waals surface area contributed by atoms with Crippen LogP contribution in [-0.2, 0) is 5.54 Å². The van der Waals surface area contributed by atoms with Crippen molar-refractivity contribution < 1.29 is 9.50 Å². The Morgan fingerprint density at radius 3 is 2.89 bits per heavy atom. The van der Waals surface area contributed by atoms with Gasteiger partial charge in [-0.1, -0.05) is 22.0 Å². The van der Waals surface area contributed by atoms with Gasteiger partial charge < -0.3 is 16.2 Å². The van der Waals surface area contributed by atoms with Crippen LogP contribution in [0.1, 0.15) is 12.0 Å². The molecule has 104 valence electrons. The predicted octanol–water partition coefficient (Wildman–Crippen LogP) is 1.90. The van der Waals surface area contributed by atoms with E-state index in [1.165, 1.54) is 6.07 Å².